The number of ether oxygens (including phenoxy) is 5. The highest BCUT2D eigenvalue weighted by molar-refractivity contribution is 5.81. The van der Waals surface area contributed by atoms with Crippen molar-refractivity contribution in [1.82, 2.24) is 29.7 Å². The van der Waals surface area contributed by atoms with Gasteiger partial charge in [-0.2, -0.15) is 0 Å². The van der Waals surface area contributed by atoms with E-state index >= 15 is 0 Å². The van der Waals surface area contributed by atoms with Crippen LogP contribution in [0.15, 0.2) is 18.6 Å². The van der Waals surface area contributed by atoms with Crippen molar-refractivity contribution < 1.29 is 48.6 Å². The van der Waals surface area contributed by atoms with E-state index in [-0.39, 0.29) is 49.7 Å². The number of aliphatic hydroxyl groups is 3. The van der Waals surface area contributed by atoms with Gasteiger partial charge in [0.2, 0.25) is 11.8 Å². The fourth-order valence-corrected chi connectivity index (χ4v) is 9.11. The standard InChI is InChI=1S/C43H68N6O10/c1-24-19-42(6,54)38(59-41-35(51)32(47(8)9)16-25(2)56-41)26(3)36(58-34-20-43(7,55-12)37(52)28(5)57-34)27(4)40(53)46-30(18-33(50)48(10)22-24)15-13-14-29-17-31-39(44-21-29)49(11)23-45-31/h17,21,23-28,30,32,34-38,41,51-52,54H,15-16,18-20,22H2,1-12H3,(H,46,53)/t24-,25?,26+,27?,28+,30-,32+,34?,35-,36+,37+,38-,41?,42?,43-/m1/s1. The van der Waals surface area contributed by atoms with Gasteiger partial charge in [0.25, 0.3) is 0 Å². The first-order valence-electron chi connectivity index (χ1n) is 20.9. The van der Waals surface area contributed by atoms with Gasteiger partial charge in [0.15, 0.2) is 18.2 Å². The third-order valence-corrected chi connectivity index (χ3v) is 12.5. The molecule has 16 nitrogen and oxygen atoms in total. The Kier molecular flexibility index (Phi) is 15.2. The van der Waals surface area contributed by atoms with Crippen LogP contribution in [-0.2, 0) is 40.3 Å². The van der Waals surface area contributed by atoms with Crippen LogP contribution in [0, 0.1) is 29.6 Å². The monoisotopic (exact) mass is 828 g/mol. The Bertz CT molecular complexity index is 1810. The molecule has 0 aliphatic carbocycles. The number of amides is 2. The number of rotatable bonds is 7. The molecule has 330 valence electrons. The number of hydrogen-bond acceptors (Lipinski definition) is 13. The number of fused-ring (bicyclic) bond motifs is 1. The van der Waals surface area contributed by atoms with Crippen LogP contribution in [0.2, 0.25) is 0 Å². The fourth-order valence-electron chi connectivity index (χ4n) is 9.11. The molecule has 0 radical (unpaired) electrons. The maximum atomic E-state index is 14.5. The van der Waals surface area contributed by atoms with Gasteiger partial charge in [0, 0.05) is 76.8 Å². The summed E-state index contributed by atoms with van der Waals surface area (Å²) in [6, 6.07) is 0.916. The molecule has 16 heteroatoms. The number of imidazole rings is 1. The SMILES string of the molecule is CO[C@]1(C)CC(O[C@@H]2C(C)C(=O)N[C@H](CC#Cc3cnc4c(c3)ncn4C)CC(=O)N(C)C[C@H](C)CC(C)(O)[C@H](OC3OC(C)C[C@H](N(C)C)[C@H]3O)[C@H]2C)O[C@@H](C)[C@@H]1O. The van der Waals surface area contributed by atoms with Crippen LogP contribution < -0.4 is 5.32 Å². The molecule has 5 heterocycles. The number of aliphatic hydroxyl groups excluding tert-OH is 2. The molecule has 3 saturated heterocycles. The van der Waals surface area contributed by atoms with E-state index in [0.29, 0.717) is 24.0 Å². The summed E-state index contributed by atoms with van der Waals surface area (Å²) >= 11 is 0. The average molecular weight is 829 g/mol. The minimum Gasteiger partial charge on any atom is -0.387 e. The molecule has 15 atom stereocenters. The van der Waals surface area contributed by atoms with E-state index in [4.69, 9.17) is 23.7 Å². The largest absolute Gasteiger partial charge is 0.387 e. The quantitative estimate of drug-likeness (QED) is 0.298. The average Bonchev–Trinajstić information content (AvgIpc) is 3.53. The number of likely N-dealkylation sites (N-methyl/N-ethyl adjacent to an activating group) is 1. The number of carbonyl (C=O) groups excluding carboxylic acids is 2. The number of hydrogen-bond donors (Lipinski definition) is 4. The minimum absolute atomic E-state index is 0.00738. The highest BCUT2D eigenvalue weighted by atomic mass is 16.7. The molecule has 4 N–H and O–H groups in total. The van der Waals surface area contributed by atoms with Crippen molar-refractivity contribution in [3.63, 3.8) is 0 Å². The molecule has 2 aromatic rings. The van der Waals surface area contributed by atoms with Crippen molar-refractivity contribution in [3.05, 3.63) is 24.2 Å². The molecule has 5 unspecified atom stereocenters. The summed E-state index contributed by atoms with van der Waals surface area (Å²) in [5.74, 6) is 3.89. The minimum atomic E-state index is -1.56. The Morgan fingerprint density at radius 3 is 2.44 bits per heavy atom. The Labute approximate surface area is 349 Å². The first kappa shape index (κ1) is 46.8. The molecular weight excluding hydrogens is 761 g/mol. The van der Waals surface area contributed by atoms with E-state index in [1.807, 2.05) is 57.4 Å². The number of nitrogens with one attached hydrogen (secondary N) is 1. The molecule has 0 spiro atoms. The van der Waals surface area contributed by atoms with Crippen LogP contribution in [0.3, 0.4) is 0 Å². The van der Waals surface area contributed by atoms with Crippen LogP contribution in [0.5, 0.6) is 0 Å². The van der Waals surface area contributed by atoms with Crippen molar-refractivity contribution in [3.8, 4) is 11.8 Å². The second-order valence-corrected chi connectivity index (χ2v) is 18.1. The van der Waals surface area contributed by atoms with Crippen LogP contribution in [0.25, 0.3) is 11.2 Å². The summed E-state index contributed by atoms with van der Waals surface area (Å²) in [7, 11) is 8.88. The highest BCUT2D eigenvalue weighted by Gasteiger charge is 2.51. The van der Waals surface area contributed by atoms with Crippen molar-refractivity contribution >= 4 is 23.0 Å². The third-order valence-electron chi connectivity index (χ3n) is 12.5. The molecule has 0 aromatic carbocycles. The zero-order valence-electron chi connectivity index (χ0n) is 36.9. The van der Waals surface area contributed by atoms with Gasteiger partial charge in [-0.25, -0.2) is 9.97 Å². The van der Waals surface area contributed by atoms with Gasteiger partial charge in [-0.05, 0) is 66.6 Å². The molecule has 3 aliphatic heterocycles. The molecule has 2 amide bonds. The molecule has 2 aromatic heterocycles. The maximum Gasteiger partial charge on any atom is 0.225 e. The lowest BCUT2D eigenvalue weighted by Gasteiger charge is -2.49. The van der Waals surface area contributed by atoms with E-state index in [1.165, 1.54) is 7.11 Å². The predicted molar refractivity (Wildman–Crippen MR) is 219 cm³/mol. The molecule has 0 bridgehead atoms. The normalized spacial score (nSPS) is 39.4. The summed E-state index contributed by atoms with van der Waals surface area (Å²) in [6.45, 7) is 13.0. The number of methoxy groups -OCH3 is 1. The van der Waals surface area contributed by atoms with Crippen molar-refractivity contribution in [2.24, 2.45) is 24.8 Å². The second-order valence-electron chi connectivity index (χ2n) is 18.1. The lowest BCUT2D eigenvalue weighted by Crippen LogP contribution is -2.61. The summed E-state index contributed by atoms with van der Waals surface area (Å²) in [4.78, 5) is 40.7. The maximum absolute atomic E-state index is 14.5. The van der Waals surface area contributed by atoms with Gasteiger partial charge in [-0.3, -0.25) is 9.59 Å². The Hall–Kier alpha value is -3.24. The second kappa shape index (κ2) is 19.2. The summed E-state index contributed by atoms with van der Waals surface area (Å²) in [6.07, 6.45) is -2.48. The van der Waals surface area contributed by atoms with E-state index < -0.39 is 78.1 Å². The van der Waals surface area contributed by atoms with E-state index in [0.717, 1.165) is 5.65 Å². The third kappa shape index (κ3) is 11.0. The number of aromatic nitrogens is 3. The Balaban J connectivity index is 1.52. The molecule has 3 fully saturated rings. The van der Waals surface area contributed by atoms with Gasteiger partial charge in [0.1, 0.15) is 17.7 Å². The Morgan fingerprint density at radius 1 is 1.05 bits per heavy atom. The van der Waals surface area contributed by atoms with E-state index in [9.17, 15) is 24.9 Å². The molecule has 5 rings (SSSR count). The van der Waals surface area contributed by atoms with Gasteiger partial charge in [0.05, 0.1) is 47.9 Å². The first-order chi connectivity index (χ1) is 27.6. The number of pyridine rings is 1. The molecular formula is C43H68N6O10. The van der Waals surface area contributed by atoms with Crippen LogP contribution in [0.4, 0.5) is 0 Å². The topological polar surface area (TPSA) is 190 Å². The lowest BCUT2D eigenvalue weighted by atomic mass is 9.77. The summed E-state index contributed by atoms with van der Waals surface area (Å²) in [5, 5.41) is 38.2. The zero-order chi connectivity index (χ0) is 43.6. The number of carbonyl (C=O) groups is 2. The molecule has 0 saturated carbocycles. The fraction of sp³-hybridized carbons (Fsp3) is 0.767. The van der Waals surface area contributed by atoms with Gasteiger partial charge >= 0.3 is 0 Å². The van der Waals surface area contributed by atoms with E-state index in [2.05, 4.69) is 27.1 Å². The summed E-state index contributed by atoms with van der Waals surface area (Å²) in [5.41, 5.74) is -0.482. The first-order valence-corrected chi connectivity index (χ1v) is 20.9. The zero-order valence-corrected chi connectivity index (χ0v) is 36.9. The lowest BCUT2D eigenvalue weighted by molar-refractivity contribution is -0.317. The van der Waals surface area contributed by atoms with Gasteiger partial charge in [-0.15, -0.1) is 0 Å². The van der Waals surface area contributed by atoms with E-state index in [1.54, 1.807) is 52.2 Å². The highest BCUT2D eigenvalue weighted by Crippen LogP contribution is 2.39. The predicted octanol–water partition coefficient (Wildman–Crippen LogP) is 2.20. The smallest absolute Gasteiger partial charge is 0.225 e. The van der Waals surface area contributed by atoms with Crippen molar-refractivity contribution in [2.75, 3.05) is 34.8 Å². The van der Waals surface area contributed by atoms with Gasteiger partial charge in [-0.1, -0.05) is 32.6 Å². The van der Waals surface area contributed by atoms with Crippen molar-refractivity contribution in [2.45, 2.75) is 153 Å². The van der Waals surface area contributed by atoms with Crippen LogP contribution >= 0.6 is 0 Å². The van der Waals surface area contributed by atoms with Crippen LogP contribution in [0.1, 0.15) is 86.1 Å². The van der Waals surface area contributed by atoms with Gasteiger partial charge < -0.3 is 58.7 Å². The number of aryl methyl sites for hydroxylation is 1. The van der Waals surface area contributed by atoms with Crippen LogP contribution in [-0.4, -0.2) is 159 Å². The van der Waals surface area contributed by atoms with Crippen molar-refractivity contribution in [1.29, 1.82) is 0 Å². The molecule has 3 aliphatic rings. The molecule has 59 heavy (non-hydrogen) atoms. The Morgan fingerprint density at radius 2 is 1.76 bits per heavy atom. The number of nitrogens with zero attached hydrogens (tertiary/aromatic N) is 5. The summed E-state index contributed by atoms with van der Waals surface area (Å²) < 4.78 is 33.6.